The van der Waals surface area contributed by atoms with Crippen LogP contribution in [0.5, 0.6) is 0 Å². The van der Waals surface area contributed by atoms with Crippen molar-refractivity contribution in [1.29, 1.82) is 0 Å². The number of ether oxygens (including phenoxy) is 1. The summed E-state index contributed by atoms with van der Waals surface area (Å²) in [5, 5.41) is 6.06. The molecule has 116 valence electrons. The molecular formula is C15H24N4O2. The Morgan fingerprint density at radius 3 is 2.90 bits per heavy atom. The second kappa shape index (κ2) is 7.95. The normalized spacial score (nSPS) is 16.7. The maximum absolute atomic E-state index is 11.8. The van der Waals surface area contributed by atoms with Gasteiger partial charge in [-0.3, -0.25) is 4.79 Å². The first-order valence-electron chi connectivity index (χ1n) is 7.39. The minimum Gasteiger partial charge on any atom is -0.383 e. The lowest BCUT2D eigenvalue weighted by atomic mass is 10.0. The number of aromatic nitrogens is 1. The van der Waals surface area contributed by atoms with Crippen molar-refractivity contribution >= 4 is 11.7 Å². The summed E-state index contributed by atoms with van der Waals surface area (Å²) in [4.78, 5) is 18.5. The molecule has 1 aliphatic heterocycles. The number of hydrogen-bond acceptors (Lipinski definition) is 5. The average molecular weight is 292 g/mol. The summed E-state index contributed by atoms with van der Waals surface area (Å²) < 4.78 is 5.11. The molecule has 1 aromatic rings. The fraction of sp³-hybridized carbons (Fsp3) is 0.600. The quantitative estimate of drug-likeness (QED) is 0.817. The molecule has 1 saturated heterocycles. The van der Waals surface area contributed by atoms with Crippen LogP contribution in [0.15, 0.2) is 18.3 Å². The number of amides is 1. The van der Waals surface area contributed by atoms with Crippen molar-refractivity contribution in [2.45, 2.75) is 18.9 Å². The van der Waals surface area contributed by atoms with Crippen molar-refractivity contribution in [3.8, 4) is 0 Å². The Hall–Kier alpha value is -1.66. The number of nitrogens with zero attached hydrogens (tertiary/aromatic N) is 2. The molecule has 2 N–H and O–H groups in total. The van der Waals surface area contributed by atoms with Crippen LogP contribution in [0.4, 0.5) is 5.82 Å². The van der Waals surface area contributed by atoms with E-state index in [1.165, 1.54) is 0 Å². The highest BCUT2D eigenvalue weighted by atomic mass is 16.5. The average Bonchev–Trinajstić information content (AvgIpc) is 2.54. The van der Waals surface area contributed by atoms with E-state index in [-0.39, 0.29) is 5.91 Å². The number of pyridine rings is 1. The lowest BCUT2D eigenvalue weighted by Gasteiger charge is -2.32. The van der Waals surface area contributed by atoms with Gasteiger partial charge in [0.2, 0.25) is 0 Å². The van der Waals surface area contributed by atoms with Crippen LogP contribution >= 0.6 is 0 Å². The largest absolute Gasteiger partial charge is 0.383 e. The van der Waals surface area contributed by atoms with E-state index >= 15 is 0 Å². The fourth-order valence-electron chi connectivity index (χ4n) is 2.55. The van der Waals surface area contributed by atoms with Crippen LogP contribution in [0, 0.1) is 0 Å². The van der Waals surface area contributed by atoms with E-state index in [1.807, 2.05) is 0 Å². The number of rotatable bonds is 6. The van der Waals surface area contributed by atoms with Gasteiger partial charge < -0.3 is 20.3 Å². The molecule has 1 amide bonds. The Morgan fingerprint density at radius 2 is 2.24 bits per heavy atom. The molecule has 6 nitrogen and oxygen atoms in total. The van der Waals surface area contributed by atoms with Crippen molar-refractivity contribution in [1.82, 2.24) is 15.2 Å². The molecule has 0 unspecified atom stereocenters. The number of hydrogen-bond donors (Lipinski definition) is 2. The lowest BCUT2D eigenvalue weighted by molar-refractivity contribution is 0.0963. The molecule has 0 aliphatic carbocycles. The summed E-state index contributed by atoms with van der Waals surface area (Å²) in [5.41, 5.74) is 0.599. The monoisotopic (exact) mass is 292 g/mol. The second-order valence-electron chi connectivity index (χ2n) is 5.23. The van der Waals surface area contributed by atoms with Crippen molar-refractivity contribution < 1.29 is 9.53 Å². The van der Waals surface area contributed by atoms with Gasteiger partial charge in [-0.1, -0.05) is 0 Å². The van der Waals surface area contributed by atoms with Crippen molar-refractivity contribution in [3.05, 3.63) is 23.9 Å². The second-order valence-corrected chi connectivity index (χ2v) is 5.23. The summed E-state index contributed by atoms with van der Waals surface area (Å²) in [6.07, 6.45) is 3.81. The number of carbonyl (C=O) groups excluding carboxylic acids is 1. The van der Waals surface area contributed by atoms with Crippen molar-refractivity contribution in [3.63, 3.8) is 0 Å². The zero-order chi connectivity index (χ0) is 15.1. The highest BCUT2D eigenvalue weighted by Crippen LogP contribution is 2.18. The van der Waals surface area contributed by atoms with Gasteiger partial charge in [0.1, 0.15) is 5.82 Å². The van der Waals surface area contributed by atoms with Crippen molar-refractivity contribution in [2.24, 2.45) is 0 Å². The lowest BCUT2D eigenvalue weighted by Crippen LogP contribution is -2.40. The molecule has 1 fully saturated rings. The predicted octanol–water partition coefficient (Wildman–Crippen LogP) is 0.964. The van der Waals surface area contributed by atoms with Gasteiger partial charge in [-0.05, 0) is 25.0 Å². The number of methoxy groups -OCH3 is 1. The molecule has 2 heterocycles. The first kappa shape index (κ1) is 15.7. The van der Waals surface area contributed by atoms with Gasteiger partial charge in [0.05, 0.1) is 12.2 Å². The van der Waals surface area contributed by atoms with E-state index in [1.54, 1.807) is 32.5 Å². The Bertz CT molecular complexity index is 459. The van der Waals surface area contributed by atoms with Crippen LogP contribution < -0.4 is 10.6 Å². The van der Waals surface area contributed by atoms with E-state index in [9.17, 15) is 4.79 Å². The predicted molar refractivity (Wildman–Crippen MR) is 82.6 cm³/mol. The van der Waals surface area contributed by atoms with Crippen LogP contribution in [0.1, 0.15) is 23.2 Å². The van der Waals surface area contributed by atoms with Gasteiger partial charge in [0, 0.05) is 46.0 Å². The highest BCUT2D eigenvalue weighted by molar-refractivity contribution is 5.98. The molecule has 0 aromatic carbocycles. The Kier molecular flexibility index (Phi) is 5.95. The number of carbonyl (C=O) groups is 1. The Balaban J connectivity index is 1.90. The van der Waals surface area contributed by atoms with Crippen LogP contribution in [-0.2, 0) is 4.74 Å². The van der Waals surface area contributed by atoms with Crippen LogP contribution in [0.25, 0.3) is 0 Å². The number of likely N-dealkylation sites (tertiary alicyclic amines) is 1. The van der Waals surface area contributed by atoms with E-state index in [4.69, 9.17) is 4.74 Å². The van der Waals surface area contributed by atoms with Gasteiger partial charge in [-0.15, -0.1) is 0 Å². The molecule has 6 heteroatoms. The van der Waals surface area contributed by atoms with Crippen LogP contribution in [-0.4, -0.2) is 62.2 Å². The SMILES string of the molecule is CNC(=O)c1cccnc1NC1CCN(CCOC)CC1. The van der Waals surface area contributed by atoms with Gasteiger partial charge in [-0.25, -0.2) is 4.98 Å². The number of nitrogens with one attached hydrogen (secondary N) is 2. The molecule has 0 radical (unpaired) electrons. The molecule has 2 rings (SSSR count). The van der Waals surface area contributed by atoms with Gasteiger partial charge in [0.25, 0.3) is 5.91 Å². The first-order valence-corrected chi connectivity index (χ1v) is 7.39. The van der Waals surface area contributed by atoms with Crippen LogP contribution in [0.2, 0.25) is 0 Å². The van der Waals surface area contributed by atoms with E-state index in [0.717, 1.165) is 39.1 Å². The molecule has 0 bridgehead atoms. The number of piperidine rings is 1. The fourth-order valence-corrected chi connectivity index (χ4v) is 2.55. The first-order chi connectivity index (χ1) is 10.2. The van der Waals surface area contributed by atoms with Crippen LogP contribution in [0.3, 0.4) is 0 Å². The highest BCUT2D eigenvalue weighted by Gasteiger charge is 2.20. The summed E-state index contributed by atoms with van der Waals surface area (Å²) in [6.45, 7) is 3.85. The van der Waals surface area contributed by atoms with Gasteiger partial charge in [-0.2, -0.15) is 0 Å². The summed E-state index contributed by atoms with van der Waals surface area (Å²) >= 11 is 0. The third kappa shape index (κ3) is 4.41. The Labute approximate surface area is 125 Å². The maximum atomic E-state index is 11.8. The third-order valence-electron chi connectivity index (χ3n) is 3.82. The van der Waals surface area contributed by atoms with Gasteiger partial charge >= 0.3 is 0 Å². The number of anilines is 1. The van der Waals surface area contributed by atoms with Crippen molar-refractivity contribution in [2.75, 3.05) is 45.7 Å². The van der Waals surface area contributed by atoms with E-state index in [0.29, 0.717) is 17.4 Å². The zero-order valence-corrected chi connectivity index (χ0v) is 12.8. The molecule has 21 heavy (non-hydrogen) atoms. The summed E-state index contributed by atoms with van der Waals surface area (Å²) in [5.74, 6) is 0.565. The smallest absolute Gasteiger partial charge is 0.254 e. The molecule has 1 aliphatic rings. The Morgan fingerprint density at radius 1 is 1.48 bits per heavy atom. The standard InChI is InChI=1S/C15H24N4O2/c1-16-15(20)13-4-3-7-17-14(13)18-12-5-8-19(9-6-12)10-11-21-2/h3-4,7,12H,5-6,8-11H2,1-2H3,(H,16,20)(H,17,18). The summed E-state index contributed by atoms with van der Waals surface area (Å²) in [6, 6.07) is 3.94. The summed E-state index contributed by atoms with van der Waals surface area (Å²) in [7, 11) is 3.36. The molecule has 1 aromatic heterocycles. The molecule has 0 spiro atoms. The van der Waals surface area contributed by atoms with E-state index in [2.05, 4.69) is 20.5 Å². The molecule has 0 atom stereocenters. The minimum atomic E-state index is -0.108. The molecule has 0 saturated carbocycles. The van der Waals surface area contributed by atoms with Gasteiger partial charge in [0.15, 0.2) is 0 Å². The minimum absolute atomic E-state index is 0.108. The zero-order valence-electron chi connectivity index (χ0n) is 12.8. The third-order valence-corrected chi connectivity index (χ3v) is 3.82. The maximum Gasteiger partial charge on any atom is 0.254 e. The van der Waals surface area contributed by atoms with E-state index < -0.39 is 0 Å². The molecular weight excluding hydrogens is 268 g/mol. The topological polar surface area (TPSA) is 66.5 Å².